The van der Waals surface area contributed by atoms with Crippen molar-refractivity contribution < 1.29 is 40.8 Å². The Morgan fingerprint density at radius 1 is 0.778 bits per heavy atom. The topological polar surface area (TPSA) is 107 Å². The van der Waals surface area contributed by atoms with Gasteiger partial charge in [0.25, 0.3) is 0 Å². The van der Waals surface area contributed by atoms with Gasteiger partial charge in [0.1, 0.15) is 0 Å². The largest absolute Gasteiger partial charge is 0.356 e. The van der Waals surface area contributed by atoms with E-state index in [2.05, 4.69) is 27.1 Å². The predicted octanol–water partition coefficient (Wildman–Crippen LogP) is 2.30. The summed E-state index contributed by atoms with van der Waals surface area (Å²) in [5.41, 5.74) is 0. The van der Waals surface area contributed by atoms with Gasteiger partial charge in [-0.05, 0) is 0 Å². The molecule has 0 bridgehead atoms. The zero-order valence-electron chi connectivity index (χ0n) is 10.5. The third kappa shape index (κ3) is 6.57. The maximum atomic E-state index is 11.5. The first-order valence-corrected chi connectivity index (χ1v) is 9.23. The molecule has 0 amide bonds. The Morgan fingerprint density at radius 3 is 1.28 bits per heavy atom. The van der Waals surface area contributed by atoms with Gasteiger partial charge in [-0.1, -0.05) is 0 Å². The SMILES string of the molecule is COP(=O)(CO[PH](=O)OCP(=O)(OC)OC)OC. The van der Waals surface area contributed by atoms with E-state index in [1.807, 2.05) is 0 Å². The molecular formula is C6H17O9P3. The first-order valence-electron chi connectivity index (χ1n) is 4.55. The van der Waals surface area contributed by atoms with Crippen molar-refractivity contribution >= 4 is 23.4 Å². The Kier molecular flexibility index (Phi) is 8.80. The Bertz CT molecular complexity index is 308. The summed E-state index contributed by atoms with van der Waals surface area (Å²) >= 11 is 0. The molecule has 0 spiro atoms. The molecule has 0 radical (unpaired) electrons. The van der Waals surface area contributed by atoms with E-state index in [4.69, 9.17) is 0 Å². The minimum atomic E-state index is -3.42. The molecule has 18 heavy (non-hydrogen) atoms. The molecule has 12 heteroatoms. The summed E-state index contributed by atoms with van der Waals surface area (Å²) in [5, 5.41) is 0. The van der Waals surface area contributed by atoms with Crippen molar-refractivity contribution in [2.24, 2.45) is 0 Å². The smallest absolute Gasteiger partial charge is 0.310 e. The van der Waals surface area contributed by atoms with Crippen LogP contribution >= 0.6 is 23.4 Å². The van der Waals surface area contributed by atoms with Gasteiger partial charge in [-0.2, -0.15) is 0 Å². The van der Waals surface area contributed by atoms with Crippen LogP contribution in [0.5, 0.6) is 0 Å². The van der Waals surface area contributed by atoms with Crippen molar-refractivity contribution in [3.63, 3.8) is 0 Å². The number of rotatable bonds is 10. The fourth-order valence-electron chi connectivity index (χ4n) is 0.665. The highest BCUT2D eigenvalue weighted by Crippen LogP contribution is 2.51. The average Bonchev–Trinajstić information content (AvgIpc) is 2.42. The van der Waals surface area contributed by atoms with Gasteiger partial charge in [-0.3, -0.25) is 22.7 Å². The number of hydrogen-bond donors (Lipinski definition) is 0. The summed E-state index contributed by atoms with van der Waals surface area (Å²) in [6.45, 7) is 0. The van der Waals surface area contributed by atoms with E-state index in [0.717, 1.165) is 28.4 Å². The van der Waals surface area contributed by atoms with Gasteiger partial charge in [0.05, 0.1) is 0 Å². The van der Waals surface area contributed by atoms with E-state index in [1.165, 1.54) is 0 Å². The van der Waals surface area contributed by atoms with Crippen LogP contribution in [-0.2, 0) is 40.8 Å². The summed E-state index contributed by atoms with van der Waals surface area (Å²) < 4.78 is 61.8. The average molecular weight is 326 g/mol. The molecule has 0 unspecified atom stereocenters. The Labute approximate surface area is 106 Å². The van der Waals surface area contributed by atoms with Gasteiger partial charge in [-0.25, -0.2) is 0 Å². The molecule has 9 nitrogen and oxygen atoms in total. The second-order valence-corrected chi connectivity index (χ2v) is 8.25. The quantitative estimate of drug-likeness (QED) is 0.559. The van der Waals surface area contributed by atoms with Crippen LogP contribution in [-0.4, -0.2) is 41.1 Å². The van der Waals surface area contributed by atoms with Crippen LogP contribution in [0.25, 0.3) is 0 Å². The van der Waals surface area contributed by atoms with Crippen molar-refractivity contribution in [2.75, 3.05) is 41.1 Å². The van der Waals surface area contributed by atoms with Gasteiger partial charge in [0, 0.05) is 28.4 Å². The molecule has 0 saturated carbocycles. The summed E-state index contributed by atoms with van der Waals surface area (Å²) in [7, 11) is -5.20. The lowest BCUT2D eigenvalue weighted by Gasteiger charge is -2.15. The van der Waals surface area contributed by atoms with Gasteiger partial charge >= 0.3 is 23.4 Å². The van der Waals surface area contributed by atoms with Crippen molar-refractivity contribution in [3.8, 4) is 0 Å². The molecule has 0 aromatic rings. The van der Waals surface area contributed by atoms with Crippen LogP contribution in [0.15, 0.2) is 0 Å². The van der Waals surface area contributed by atoms with Crippen molar-refractivity contribution in [2.45, 2.75) is 0 Å². The Balaban J connectivity index is 4.14. The molecule has 0 N–H and O–H groups in total. The lowest BCUT2D eigenvalue weighted by atomic mass is 11.7. The maximum absolute atomic E-state index is 11.5. The Morgan fingerprint density at radius 2 is 1.06 bits per heavy atom. The van der Waals surface area contributed by atoms with Crippen molar-refractivity contribution in [3.05, 3.63) is 0 Å². The normalized spacial score (nSPS) is 13.2. The van der Waals surface area contributed by atoms with Gasteiger partial charge in [0.2, 0.25) is 0 Å². The first kappa shape index (κ1) is 18.4. The molecule has 0 heterocycles. The lowest BCUT2D eigenvalue weighted by molar-refractivity contribution is 0.207. The zero-order valence-corrected chi connectivity index (χ0v) is 13.3. The minimum Gasteiger partial charge on any atom is -0.310 e. The third-order valence-corrected chi connectivity index (χ3v) is 6.16. The third-order valence-electron chi connectivity index (χ3n) is 1.79. The van der Waals surface area contributed by atoms with Gasteiger partial charge in [0.15, 0.2) is 12.7 Å². The van der Waals surface area contributed by atoms with Crippen molar-refractivity contribution in [1.82, 2.24) is 0 Å². The van der Waals surface area contributed by atoms with Crippen LogP contribution in [0.3, 0.4) is 0 Å². The van der Waals surface area contributed by atoms with Crippen LogP contribution in [0.4, 0.5) is 0 Å². The van der Waals surface area contributed by atoms with E-state index in [-0.39, 0.29) is 0 Å². The predicted molar refractivity (Wildman–Crippen MR) is 64.2 cm³/mol. The summed E-state index contributed by atoms with van der Waals surface area (Å²) in [5.74, 6) is 0. The van der Waals surface area contributed by atoms with E-state index in [0.29, 0.717) is 0 Å². The van der Waals surface area contributed by atoms with Crippen LogP contribution in [0.1, 0.15) is 0 Å². The first-order chi connectivity index (χ1) is 8.34. The highest BCUT2D eigenvalue weighted by Gasteiger charge is 2.25. The Hall–Kier alpha value is 0.450. The van der Waals surface area contributed by atoms with E-state index in [9.17, 15) is 13.7 Å². The molecular weight excluding hydrogens is 309 g/mol. The number of hydrogen-bond acceptors (Lipinski definition) is 9. The van der Waals surface area contributed by atoms with Crippen LogP contribution < -0.4 is 0 Å². The maximum Gasteiger partial charge on any atom is 0.356 e. The second-order valence-electron chi connectivity index (χ2n) is 2.75. The summed E-state index contributed by atoms with van der Waals surface area (Å²) in [4.78, 5) is 0. The molecule has 0 rings (SSSR count). The zero-order chi connectivity index (χ0) is 14.2. The molecule has 110 valence electrons. The molecule has 0 atom stereocenters. The van der Waals surface area contributed by atoms with E-state index in [1.54, 1.807) is 0 Å². The van der Waals surface area contributed by atoms with E-state index >= 15 is 0 Å². The van der Waals surface area contributed by atoms with Crippen LogP contribution in [0, 0.1) is 0 Å². The molecule has 0 aliphatic carbocycles. The standard InChI is InChI=1S/C6H17O9P3/c1-10-17(8,11-2)5-14-16(7)15-6-18(9,12-3)13-4/h16H,5-6H2,1-4H3. The van der Waals surface area contributed by atoms with Gasteiger partial charge < -0.3 is 18.1 Å². The fourth-order valence-corrected chi connectivity index (χ4v) is 3.58. The highest BCUT2D eigenvalue weighted by molar-refractivity contribution is 7.54. The summed E-state index contributed by atoms with van der Waals surface area (Å²) in [6, 6.07) is 0. The molecule has 0 aliphatic heterocycles. The monoisotopic (exact) mass is 326 g/mol. The second kappa shape index (κ2) is 8.59. The fraction of sp³-hybridized carbons (Fsp3) is 1.00. The highest BCUT2D eigenvalue weighted by atomic mass is 31.2. The van der Waals surface area contributed by atoms with E-state index < -0.39 is 36.1 Å². The van der Waals surface area contributed by atoms with Crippen molar-refractivity contribution in [1.29, 1.82) is 0 Å². The lowest BCUT2D eigenvalue weighted by Crippen LogP contribution is -1.98. The molecule has 0 saturated heterocycles. The molecule has 0 aromatic carbocycles. The molecule has 0 aromatic heterocycles. The molecule has 0 aliphatic rings. The van der Waals surface area contributed by atoms with Gasteiger partial charge in [-0.15, -0.1) is 0 Å². The molecule has 0 fully saturated rings. The van der Waals surface area contributed by atoms with Crippen LogP contribution in [0.2, 0.25) is 0 Å². The minimum absolute atomic E-state index is 0.540. The summed E-state index contributed by atoms with van der Waals surface area (Å²) in [6.07, 6.45) is -1.08.